The highest BCUT2D eigenvalue weighted by Crippen LogP contribution is 2.30. The van der Waals surface area contributed by atoms with Gasteiger partial charge in [-0.2, -0.15) is 0 Å². The summed E-state index contributed by atoms with van der Waals surface area (Å²) in [6, 6.07) is 5.99. The van der Waals surface area contributed by atoms with Crippen LogP contribution in [0.25, 0.3) is 0 Å². The Bertz CT molecular complexity index is 317. The Morgan fingerprint density at radius 3 is 2.87 bits per heavy atom. The standard InChI is InChI=1S/C11H17NO2S/c1-8-3-4-10(14-2)11(5-8)15-7-9(13)6-12/h3-5,9,13H,6-7,12H2,1-2H3. The monoisotopic (exact) mass is 227 g/mol. The van der Waals surface area contributed by atoms with Crippen molar-refractivity contribution in [1.29, 1.82) is 0 Å². The smallest absolute Gasteiger partial charge is 0.132 e. The number of benzene rings is 1. The summed E-state index contributed by atoms with van der Waals surface area (Å²) in [5.74, 6) is 1.44. The van der Waals surface area contributed by atoms with Gasteiger partial charge in [0, 0.05) is 17.2 Å². The van der Waals surface area contributed by atoms with Crippen molar-refractivity contribution in [3.63, 3.8) is 0 Å². The molecule has 0 fully saturated rings. The molecule has 1 aromatic carbocycles. The first-order valence-electron chi connectivity index (χ1n) is 4.83. The number of rotatable bonds is 5. The Balaban J connectivity index is 2.69. The first-order valence-corrected chi connectivity index (χ1v) is 5.81. The highest BCUT2D eigenvalue weighted by Gasteiger charge is 2.07. The predicted octanol–water partition coefficient (Wildman–Crippen LogP) is 1.42. The second kappa shape index (κ2) is 6.00. The minimum absolute atomic E-state index is 0.293. The highest BCUT2D eigenvalue weighted by atomic mass is 32.2. The lowest BCUT2D eigenvalue weighted by Crippen LogP contribution is -2.21. The molecule has 15 heavy (non-hydrogen) atoms. The number of methoxy groups -OCH3 is 1. The molecule has 0 aliphatic rings. The third-order valence-corrected chi connectivity index (χ3v) is 3.20. The zero-order valence-corrected chi connectivity index (χ0v) is 9.88. The number of thioether (sulfide) groups is 1. The Hall–Kier alpha value is -0.710. The molecule has 0 aromatic heterocycles. The van der Waals surface area contributed by atoms with Crippen LogP contribution in [0.2, 0.25) is 0 Å². The molecule has 0 aliphatic heterocycles. The largest absolute Gasteiger partial charge is 0.496 e. The normalized spacial score (nSPS) is 12.5. The van der Waals surface area contributed by atoms with Crippen molar-refractivity contribution in [1.82, 2.24) is 0 Å². The zero-order valence-electron chi connectivity index (χ0n) is 9.06. The first kappa shape index (κ1) is 12.4. The molecule has 0 saturated heterocycles. The van der Waals surface area contributed by atoms with Crippen molar-refractivity contribution in [2.45, 2.75) is 17.9 Å². The van der Waals surface area contributed by atoms with Crippen LogP contribution in [0.4, 0.5) is 0 Å². The van der Waals surface area contributed by atoms with E-state index in [4.69, 9.17) is 10.5 Å². The van der Waals surface area contributed by atoms with Crippen molar-refractivity contribution < 1.29 is 9.84 Å². The minimum atomic E-state index is -0.458. The molecule has 4 heteroatoms. The predicted molar refractivity (Wildman–Crippen MR) is 63.5 cm³/mol. The van der Waals surface area contributed by atoms with Crippen LogP contribution in [0.1, 0.15) is 5.56 Å². The molecule has 0 amide bonds. The van der Waals surface area contributed by atoms with E-state index < -0.39 is 6.10 Å². The zero-order chi connectivity index (χ0) is 11.3. The van der Waals surface area contributed by atoms with Crippen molar-refractivity contribution in [3.8, 4) is 5.75 Å². The first-order chi connectivity index (χ1) is 7.17. The Morgan fingerprint density at radius 1 is 1.53 bits per heavy atom. The van der Waals surface area contributed by atoms with Crippen molar-refractivity contribution >= 4 is 11.8 Å². The summed E-state index contributed by atoms with van der Waals surface area (Å²) < 4.78 is 5.23. The lowest BCUT2D eigenvalue weighted by molar-refractivity contribution is 0.208. The maximum Gasteiger partial charge on any atom is 0.132 e. The van der Waals surface area contributed by atoms with Gasteiger partial charge in [-0.15, -0.1) is 11.8 Å². The third kappa shape index (κ3) is 3.74. The van der Waals surface area contributed by atoms with Crippen molar-refractivity contribution in [3.05, 3.63) is 23.8 Å². The van der Waals surface area contributed by atoms with Gasteiger partial charge in [-0.1, -0.05) is 6.07 Å². The van der Waals surface area contributed by atoms with Gasteiger partial charge in [0.15, 0.2) is 0 Å². The molecule has 0 spiro atoms. The fraction of sp³-hybridized carbons (Fsp3) is 0.455. The van der Waals surface area contributed by atoms with E-state index in [9.17, 15) is 5.11 Å². The van der Waals surface area contributed by atoms with Gasteiger partial charge in [0.1, 0.15) is 5.75 Å². The summed E-state index contributed by atoms with van der Waals surface area (Å²) in [6.45, 7) is 2.32. The molecular weight excluding hydrogens is 210 g/mol. The molecule has 0 bridgehead atoms. The van der Waals surface area contributed by atoms with E-state index in [0.29, 0.717) is 12.3 Å². The number of aliphatic hydroxyl groups excluding tert-OH is 1. The summed E-state index contributed by atoms with van der Waals surface area (Å²) in [4.78, 5) is 1.05. The van der Waals surface area contributed by atoms with Crippen LogP contribution in [0, 0.1) is 6.92 Å². The average Bonchev–Trinajstić information content (AvgIpc) is 2.26. The van der Waals surface area contributed by atoms with E-state index in [2.05, 4.69) is 0 Å². The highest BCUT2D eigenvalue weighted by molar-refractivity contribution is 7.99. The molecule has 1 atom stereocenters. The maximum absolute atomic E-state index is 9.37. The van der Waals surface area contributed by atoms with Crippen LogP contribution in [0.3, 0.4) is 0 Å². The number of nitrogens with two attached hydrogens (primary N) is 1. The van der Waals surface area contributed by atoms with E-state index in [1.165, 1.54) is 5.56 Å². The molecule has 1 rings (SSSR count). The number of hydrogen-bond acceptors (Lipinski definition) is 4. The Labute approximate surface area is 94.6 Å². The molecular formula is C11H17NO2S. The summed E-state index contributed by atoms with van der Waals surface area (Å²) in [7, 11) is 1.65. The summed E-state index contributed by atoms with van der Waals surface area (Å²) in [5, 5.41) is 9.37. The molecule has 0 heterocycles. The van der Waals surface area contributed by atoms with Crippen molar-refractivity contribution in [2.75, 3.05) is 19.4 Å². The van der Waals surface area contributed by atoms with Gasteiger partial charge >= 0.3 is 0 Å². The SMILES string of the molecule is COc1ccc(C)cc1SCC(O)CN. The topological polar surface area (TPSA) is 55.5 Å². The van der Waals surface area contributed by atoms with Gasteiger partial charge in [0.05, 0.1) is 13.2 Å². The third-order valence-electron chi connectivity index (χ3n) is 2.02. The van der Waals surface area contributed by atoms with Gasteiger partial charge in [-0.25, -0.2) is 0 Å². The quantitative estimate of drug-likeness (QED) is 0.747. The second-order valence-corrected chi connectivity index (χ2v) is 4.42. The van der Waals surface area contributed by atoms with Crippen LogP contribution in [0.15, 0.2) is 23.1 Å². The molecule has 0 aliphatic carbocycles. The second-order valence-electron chi connectivity index (χ2n) is 3.35. The minimum Gasteiger partial charge on any atom is -0.496 e. The molecule has 84 valence electrons. The van der Waals surface area contributed by atoms with E-state index >= 15 is 0 Å². The fourth-order valence-electron chi connectivity index (χ4n) is 1.15. The van der Waals surface area contributed by atoms with E-state index in [-0.39, 0.29) is 0 Å². The summed E-state index contributed by atoms with van der Waals surface area (Å²) in [6.07, 6.45) is -0.458. The van der Waals surface area contributed by atoms with E-state index in [1.54, 1.807) is 18.9 Å². The summed E-state index contributed by atoms with van der Waals surface area (Å²) >= 11 is 1.56. The van der Waals surface area contributed by atoms with Gasteiger partial charge in [0.2, 0.25) is 0 Å². The van der Waals surface area contributed by atoms with Crippen LogP contribution in [-0.4, -0.2) is 30.6 Å². The van der Waals surface area contributed by atoms with Gasteiger partial charge < -0.3 is 15.6 Å². The van der Waals surface area contributed by atoms with Gasteiger partial charge in [-0.05, 0) is 24.6 Å². The lowest BCUT2D eigenvalue weighted by Gasteiger charge is -2.11. The van der Waals surface area contributed by atoms with E-state index in [0.717, 1.165) is 10.6 Å². The van der Waals surface area contributed by atoms with Crippen LogP contribution < -0.4 is 10.5 Å². The average molecular weight is 227 g/mol. The van der Waals surface area contributed by atoms with Gasteiger partial charge in [0.25, 0.3) is 0 Å². The molecule has 1 unspecified atom stereocenters. The number of hydrogen-bond donors (Lipinski definition) is 2. The maximum atomic E-state index is 9.37. The lowest BCUT2D eigenvalue weighted by atomic mass is 10.2. The number of aryl methyl sites for hydroxylation is 1. The van der Waals surface area contributed by atoms with Gasteiger partial charge in [-0.3, -0.25) is 0 Å². The Kier molecular flexibility index (Phi) is 4.94. The van der Waals surface area contributed by atoms with Crippen LogP contribution >= 0.6 is 11.8 Å². The molecule has 3 N–H and O–H groups in total. The summed E-state index contributed by atoms with van der Waals surface area (Å²) in [5.41, 5.74) is 6.52. The van der Waals surface area contributed by atoms with Crippen LogP contribution in [0.5, 0.6) is 5.75 Å². The number of ether oxygens (including phenoxy) is 1. The molecule has 1 aromatic rings. The molecule has 0 radical (unpaired) electrons. The Morgan fingerprint density at radius 2 is 2.27 bits per heavy atom. The molecule has 3 nitrogen and oxygen atoms in total. The molecule has 0 saturated carbocycles. The fourth-order valence-corrected chi connectivity index (χ4v) is 2.22. The number of aliphatic hydroxyl groups is 1. The van der Waals surface area contributed by atoms with E-state index in [1.807, 2.05) is 25.1 Å². The van der Waals surface area contributed by atoms with Crippen LogP contribution in [-0.2, 0) is 0 Å². The van der Waals surface area contributed by atoms with Crippen molar-refractivity contribution in [2.24, 2.45) is 5.73 Å².